The molecule has 0 aromatic carbocycles. The fraction of sp³-hybridized carbons (Fsp3) is 0.692. The topological polar surface area (TPSA) is 79.8 Å². The van der Waals surface area contributed by atoms with Crippen LogP contribution in [0.5, 0.6) is 0 Å². The zero-order valence-electron chi connectivity index (χ0n) is 12.3. The maximum absolute atomic E-state index is 12.6. The Kier molecular flexibility index (Phi) is 4.53. The minimum Gasteiger partial charge on any atom is -0.464 e. The Morgan fingerprint density at radius 1 is 1.55 bits per heavy atom. The normalized spacial score (nSPS) is 20.9. The number of likely N-dealkylation sites (N-methyl/N-ethyl adjacent to an activating group) is 2. The highest BCUT2D eigenvalue weighted by Gasteiger charge is 2.30. The third kappa shape index (κ3) is 2.90. The average molecular weight is 301 g/mol. The highest BCUT2D eigenvalue weighted by molar-refractivity contribution is 7.89. The van der Waals surface area contributed by atoms with Gasteiger partial charge in [-0.15, -0.1) is 0 Å². The first-order valence-corrected chi connectivity index (χ1v) is 8.26. The summed E-state index contributed by atoms with van der Waals surface area (Å²) in [4.78, 5) is 2.43. The zero-order chi connectivity index (χ0) is 14.9. The van der Waals surface area contributed by atoms with Crippen molar-refractivity contribution in [2.24, 2.45) is 5.73 Å². The molecule has 2 rings (SSSR count). The Morgan fingerprint density at radius 2 is 2.25 bits per heavy atom. The molecule has 0 saturated carbocycles. The first-order valence-electron chi connectivity index (χ1n) is 6.82. The highest BCUT2D eigenvalue weighted by Crippen LogP contribution is 2.24. The summed E-state index contributed by atoms with van der Waals surface area (Å²) in [7, 11) is 0.144. The van der Waals surface area contributed by atoms with Crippen LogP contribution in [0, 0.1) is 6.92 Å². The van der Waals surface area contributed by atoms with Crippen LogP contribution in [0.4, 0.5) is 0 Å². The van der Waals surface area contributed by atoms with Gasteiger partial charge in [0.2, 0.25) is 10.0 Å². The van der Waals surface area contributed by atoms with Crippen LogP contribution in [-0.2, 0) is 16.6 Å². The smallest absolute Gasteiger partial charge is 0.246 e. The molecule has 7 heteroatoms. The van der Waals surface area contributed by atoms with Gasteiger partial charge < -0.3 is 15.1 Å². The van der Waals surface area contributed by atoms with Gasteiger partial charge in [0.25, 0.3) is 0 Å². The van der Waals surface area contributed by atoms with Crippen LogP contribution in [0.2, 0.25) is 0 Å². The van der Waals surface area contributed by atoms with E-state index >= 15 is 0 Å². The molecule has 1 aliphatic rings. The van der Waals surface area contributed by atoms with Crippen molar-refractivity contribution in [3.8, 4) is 0 Å². The third-order valence-corrected chi connectivity index (χ3v) is 5.88. The molecule has 2 heterocycles. The predicted octanol–water partition coefficient (Wildman–Crippen LogP) is 0.761. The Bertz CT molecular complexity index is 567. The second kappa shape index (κ2) is 5.85. The number of hydrogen-bond donors (Lipinski definition) is 1. The van der Waals surface area contributed by atoms with Crippen LogP contribution < -0.4 is 5.73 Å². The standard InChI is InChI=1S/C13H23N3O3S/c1-10-13(7-12(8-14)19-10)20(17,18)16(3)9-11-5-4-6-15(11)2/h7,11H,4-6,8-9,14H2,1-3H3. The number of rotatable bonds is 5. The average Bonchev–Trinajstić information content (AvgIpc) is 2.96. The minimum atomic E-state index is -3.51. The van der Waals surface area contributed by atoms with Gasteiger partial charge in [-0.25, -0.2) is 8.42 Å². The quantitative estimate of drug-likeness (QED) is 0.868. The van der Waals surface area contributed by atoms with Crippen LogP contribution in [0.25, 0.3) is 0 Å². The Hall–Kier alpha value is -0.890. The van der Waals surface area contributed by atoms with Crippen molar-refractivity contribution in [3.63, 3.8) is 0 Å². The van der Waals surface area contributed by atoms with Crippen molar-refractivity contribution in [1.29, 1.82) is 0 Å². The minimum absolute atomic E-state index is 0.200. The van der Waals surface area contributed by atoms with Crippen molar-refractivity contribution < 1.29 is 12.8 Å². The molecule has 1 unspecified atom stereocenters. The van der Waals surface area contributed by atoms with Gasteiger partial charge in [0.15, 0.2) is 0 Å². The lowest BCUT2D eigenvalue weighted by Gasteiger charge is -2.25. The number of furan rings is 1. The van der Waals surface area contributed by atoms with E-state index in [2.05, 4.69) is 4.90 Å². The second-order valence-corrected chi connectivity index (χ2v) is 7.41. The highest BCUT2D eigenvalue weighted by atomic mass is 32.2. The van der Waals surface area contributed by atoms with Crippen molar-refractivity contribution >= 4 is 10.0 Å². The molecule has 1 fully saturated rings. The molecule has 6 nitrogen and oxygen atoms in total. The van der Waals surface area contributed by atoms with Crippen molar-refractivity contribution in [2.75, 3.05) is 27.2 Å². The molecule has 1 atom stereocenters. The molecule has 1 saturated heterocycles. The van der Waals surface area contributed by atoms with Gasteiger partial charge in [-0.1, -0.05) is 0 Å². The first-order chi connectivity index (χ1) is 9.36. The number of likely N-dealkylation sites (tertiary alicyclic amines) is 1. The second-order valence-electron chi connectivity index (χ2n) is 5.40. The largest absolute Gasteiger partial charge is 0.464 e. The zero-order valence-corrected chi connectivity index (χ0v) is 13.1. The molecular formula is C13H23N3O3S. The number of nitrogens with two attached hydrogens (primary N) is 1. The molecule has 0 spiro atoms. The number of aryl methyl sites for hydroxylation is 1. The van der Waals surface area contributed by atoms with Crippen LogP contribution in [0.15, 0.2) is 15.4 Å². The lowest BCUT2D eigenvalue weighted by Crippen LogP contribution is -2.39. The molecular weight excluding hydrogens is 278 g/mol. The monoisotopic (exact) mass is 301 g/mol. The lowest BCUT2D eigenvalue weighted by atomic mass is 10.2. The summed E-state index contributed by atoms with van der Waals surface area (Å²) in [5.74, 6) is 0.893. The molecule has 0 radical (unpaired) electrons. The van der Waals surface area contributed by atoms with Crippen LogP contribution in [0.1, 0.15) is 24.4 Å². The predicted molar refractivity (Wildman–Crippen MR) is 76.8 cm³/mol. The van der Waals surface area contributed by atoms with E-state index in [9.17, 15) is 8.42 Å². The molecule has 114 valence electrons. The number of hydrogen-bond acceptors (Lipinski definition) is 5. The molecule has 1 aromatic rings. The van der Waals surface area contributed by atoms with Crippen LogP contribution in [-0.4, -0.2) is 50.8 Å². The van der Waals surface area contributed by atoms with Crippen LogP contribution in [0.3, 0.4) is 0 Å². The molecule has 0 amide bonds. The summed E-state index contributed by atoms with van der Waals surface area (Å²) in [5.41, 5.74) is 5.49. The van der Waals surface area contributed by atoms with E-state index in [4.69, 9.17) is 10.2 Å². The van der Waals surface area contributed by atoms with Gasteiger partial charge in [-0.05, 0) is 33.4 Å². The maximum atomic E-state index is 12.6. The van der Waals surface area contributed by atoms with E-state index in [-0.39, 0.29) is 17.5 Å². The lowest BCUT2D eigenvalue weighted by molar-refractivity contribution is 0.271. The van der Waals surface area contributed by atoms with Gasteiger partial charge in [-0.2, -0.15) is 4.31 Å². The molecule has 1 aromatic heterocycles. The van der Waals surface area contributed by atoms with Gasteiger partial charge in [-0.3, -0.25) is 0 Å². The fourth-order valence-electron chi connectivity index (χ4n) is 2.65. The van der Waals surface area contributed by atoms with Gasteiger partial charge in [0.05, 0.1) is 6.54 Å². The summed E-state index contributed by atoms with van der Waals surface area (Å²) < 4.78 is 31.9. The molecule has 20 heavy (non-hydrogen) atoms. The number of sulfonamides is 1. The van der Waals surface area contributed by atoms with Gasteiger partial charge >= 0.3 is 0 Å². The maximum Gasteiger partial charge on any atom is 0.246 e. The molecule has 1 aliphatic heterocycles. The van der Waals surface area contributed by atoms with E-state index in [0.717, 1.165) is 19.4 Å². The fourth-order valence-corrected chi connectivity index (χ4v) is 4.04. The Morgan fingerprint density at radius 3 is 2.75 bits per heavy atom. The molecule has 0 aliphatic carbocycles. The SMILES string of the molecule is Cc1oc(CN)cc1S(=O)(=O)N(C)CC1CCCN1C. The Labute approximate surface area is 120 Å². The van der Waals surface area contributed by atoms with Crippen molar-refractivity contribution in [1.82, 2.24) is 9.21 Å². The summed E-state index contributed by atoms with van der Waals surface area (Å²) in [6.07, 6.45) is 2.16. The molecule has 2 N–H and O–H groups in total. The van der Waals surface area contributed by atoms with Gasteiger partial charge in [0, 0.05) is 25.7 Å². The first kappa shape index (κ1) is 15.5. The molecule has 0 bridgehead atoms. The van der Waals surface area contributed by atoms with E-state index in [1.165, 1.54) is 10.4 Å². The van der Waals surface area contributed by atoms with E-state index in [1.54, 1.807) is 14.0 Å². The van der Waals surface area contributed by atoms with E-state index in [0.29, 0.717) is 18.1 Å². The summed E-state index contributed by atoms with van der Waals surface area (Å²) >= 11 is 0. The summed E-state index contributed by atoms with van der Waals surface area (Å²) in [6, 6.07) is 1.82. The number of nitrogens with zero attached hydrogens (tertiary/aromatic N) is 2. The van der Waals surface area contributed by atoms with E-state index < -0.39 is 10.0 Å². The van der Waals surface area contributed by atoms with Crippen molar-refractivity contribution in [2.45, 2.75) is 37.2 Å². The van der Waals surface area contributed by atoms with Gasteiger partial charge in [0.1, 0.15) is 16.4 Å². The summed E-state index contributed by atoms with van der Waals surface area (Å²) in [6.45, 7) is 3.38. The van der Waals surface area contributed by atoms with Crippen molar-refractivity contribution in [3.05, 3.63) is 17.6 Å². The Balaban J connectivity index is 2.18. The third-order valence-electron chi connectivity index (χ3n) is 3.95. The summed E-state index contributed by atoms with van der Waals surface area (Å²) in [5, 5.41) is 0. The van der Waals surface area contributed by atoms with Crippen LogP contribution >= 0.6 is 0 Å². The van der Waals surface area contributed by atoms with E-state index in [1.807, 2.05) is 7.05 Å².